The molecule has 1 aliphatic heterocycles. The van der Waals surface area contributed by atoms with E-state index in [1.165, 1.54) is 0 Å². The standard InChI is InChI=1S/C15H28N2O2/c1-4-6-8-13-15(18)17(14(16-13)7-5-2)11-9-12(10-11)19-3/h11-14,16H,4-10H2,1-3H3. The van der Waals surface area contributed by atoms with Crippen LogP contribution in [0, 0.1) is 0 Å². The first-order chi connectivity index (χ1) is 9.21. The number of carbonyl (C=O) groups excluding carboxylic acids is 1. The smallest absolute Gasteiger partial charge is 0.241 e. The Morgan fingerprint density at radius 2 is 2.00 bits per heavy atom. The number of nitrogens with zero attached hydrogens (tertiary/aromatic N) is 1. The van der Waals surface area contributed by atoms with Crippen molar-refractivity contribution in [2.75, 3.05) is 7.11 Å². The molecule has 1 heterocycles. The number of rotatable bonds is 7. The van der Waals surface area contributed by atoms with Crippen molar-refractivity contribution in [2.24, 2.45) is 0 Å². The first-order valence-electron chi connectivity index (χ1n) is 7.82. The molecule has 1 N–H and O–H groups in total. The lowest BCUT2D eigenvalue weighted by molar-refractivity contribution is -0.137. The SMILES string of the molecule is CCCCC1NC(CCC)N(C2CC(OC)C2)C1=O. The molecule has 1 aliphatic carbocycles. The summed E-state index contributed by atoms with van der Waals surface area (Å²) in [6, 6.07) is 0.450. The Kier molecular flexibility index (Phi) is 5.22. The summed E-state index contributed by atoms with van der Waals surface area (Å²) in [5, 5.41) is 3.54. The highest BCUT2D eigenvalue weighted by molar-refractivity contribution is 5.84. The monoisotopic (exact) mass is 268 g/mol. The lowest BCUT2D eigenvalue weighted by Gasteiger charge is -2.42. The molecule has 1 amide bonds. The Morgan fingerprint density at radius 3 is 2.58 bits per heavy atom. The van der Waals surface area contributed by atoms with Crippen molar-refractivity contribution < 1.29 is 9.53 Å². The highest BCUT2D eigenvalue weighted by Gasteiger charge is 2.45. The minimum atomic E-state index is 0.0538. The molecule has 110 valence electrons. The average molecular weight is 268 g/mol. The van der Waals surface area contributed by atoms with Gasteiger partial charge in [0.1, 0.15) is 0 Å². The number of nitrogens with one attached hydrogen (secondary N) is 1. The van der Waals surface area contributed by atoms with Crippen LogP contribution < -0.4 is 5.32 Å². The van der Waals surface area contributed by atoms with E-state index in [1.54, 1.807) is 7.11 Å². The molecule has 0 bridgehead atoms. The third-order valence-corrected chi connectivity index (χ3v) is 4.49. The van der Waals surface area contributed by atoms with Gasteiger partial charge in [-0.1, -0.05) is 33.1 Å². The number of hydrogen-bond donors (Lipinski definition) is 1. The van der Waals surface area contributed by atoms with E-state index in [0.717, 1.165) is 44.9 Å². The van der Waals surface area contributed by atoms with Gasteiger partial charge in [-0.05, 0) is 25.7 Å². The Morgan fingerprint density at radius 1 is 1.26 bits per heavy atom. The topological polar surface area (TPSA) is 41.6 Å². The third kappa shape index (κ3) is 3.11. The molecule has 2 rings (SSSR count). The molecule has 1 saturated heterocycles. The number of methoxy groups -OCH3 is 1. The molecular weight excluding hydrogens is 240 g/mol. The summed E-state index contributed by atoms with van der Waals surface area (Å²) in [4.78, 5) is 14.7. The molecule has 19 heavy (non-hydrogen) atoms. The highest BCUT2D eigenvalue weighted by atomic mass is 16.5. The van der Waals surface area contributed by atoms with Crippen LogP contribution in [0.4, 0.5) is 0 Å². The van der Waals surface area contributed by atoms with Crippen molar-refractivity contribution in [1.29, 1.82) is 0 Å². The van der Waals surface area contributed by atoms with Crippen molar-refractivity contribution in [3.8, 4) is 0 Å². The first-order valence-corrected chi connectivity index (χ1v) is 7.82. The summed E-state index contributed by atoms with van der Waals surface area (Å²) >= 11 is 0. The predicted molar refractivity (Wildman–Crippen MR) is 75.8 cm³/mol. The van der Waals surface area contributed by atoms with Gasteiger partial charge in [0.25, 0.3) is 0 Å². The summed E-state index contributed by atoms with van der Waals surface area (Å²) in [7, 11) is 1.76. The second-order valence-electron chi connectivity index (χ2n) is 5.89. The number of unbranched alkanes of at least 4 members (excludes halogenated alkanes) is 1. The second kappa shape index (κ2) is 6.71. The fourth-order valence-corrected chi connectivity index (χ4v) is 3.22. The molecule has 0 aromatic heterocycles. The zero-order valence-corrected chi connectivity index (χ0v) is 12.5. The number of hydrogen-bond acceptors (Lipinski definition) is 3. The van der Waals surface area contributed by atoms with Crippen molar-refractivity contribution >= 4 is 5.91 Å². The molecule has 2 fully saturated rings. The minimum Gasteiger partial charge on any atom is -0.381 e. The van der Waals surface area contributed by atoms with E-state index in [-0.39, 0.29) is 12.2 Å². The maximum absolute atomic E-state index is 12.5. The van der Waals surface area contributed by atoms with Crippen LogP contribution in [0.3, 0.4) is 0 Å². The maximum atomic E-state index is 12.5. The van der Waals surface area contributed by atoms with Gasteiger partial charge in [-0.2, -0.15) is 0 Å². The molecule has 0 aromatic rings. The fourth-order valence-electron chi connectivity index (χ4n) is 3.22. The van der Waals surface area contributed by atoms with E-state index >= 15 is 0 Å². The van der Waals surface area contributed by atoms with Crippen LogP contribution in [-0.2, 0) is 9.53 Å². The Labute approximate surface area is 116 Å². The van der Waals surface area contributed by atoms with Crippen LogP contribution in [0.25, 0.3) is 0 Å². The van der Waals surface area contributed by atoms with Crippen LogP contribution in [-0.4, -0.2) is 42.3 Å². The predicted octanol–water partition coefficient (Wildman–Crippen LogP) is 2.28. The maximum Gasteiger partial charge on any atom is 0.241 e. The summed E-state index contributed by atoms with van der Waals surface area (Å²) in [6.45, 7) is 4.36. The Balaban J connectivity index is 1.95. The van der Waals surface area contributed by atoms with E-state index < -0.39 is 0 Å². The highest BCUT2D eigenvalue weighted by Crippen LogP contribution is 2.33. The zero-order valence-electron chi connectivity index (χ0n) is 12.5. The summed E-state index contributed by atoms with van der Waals surface area (Å²) < 4.78 is 5.34. The van der Waals surface area contributed by atoms with Crippen molar-refractivity contribution in [3.63, 3.8) is 0 Å². The van der Waals surface area contributed by atoms with Crippen molar-refractivity contribution in [1.82, 2.24) is 10.2 Å². The van der Waals surface area contributed by atoms with Crippen LogP contribution in [0.15, 0.2) is 0 Å². The lowest BCUT2D eigenvalue weighted by Crippen LogP contribution is -2.52. The van der Waals surface area contributed by atoms with Gasteiger partial charge in [0.05, 0.1) is 18.3 Å². The molecule has 4 nitrogen and oxygen atoms in total. The van der Waals surface area contributed by atoms with E-state index in [1.807, 2.05) is 0 Å². The van der Waals surface area contributed by atoms with Gasteiger partial charge in [0, 0.05) is 13.2 Å². The van der Waals surface area contributed by atoms with Gasteiger partial charge in [-0.25, -0.2) is 0 Å². The molecule has 0 radical (unpaired) electrons. The average Bonchev–Trinajstić information content (AvgIpc) is 2.64. The van der Waals surface area contributed by atoms with Crippen LogP contribution in [0.1, 0.15) is 58.8 Å². The summed E-state index contributed by atoms with van der Waals surface area (Å²) in [5.41, 5.74) is 0. The molecule has 0 aromatic carbocycles. The van der Waals surface area contributed by atoms with Crippen LogP contribution in [0.5, 0.6) is 0 Å². The zero-order chi connectivity index (χ0) is 13.8. The van der Waals surface area contributed by atoms with E-state index in [4.69, 9.17) is 4.74 Å². The normalized spacial score (nSPS) is 34.7. The fraction of sp³-hybridized carbons (Fsp3) is 0.933. The molecule has 4 heteroatoms. The quantitative estimate of drug-likeness (QED) is 0.770. The third-order valence-electron chi connectivity index (χ3n) is 4.49. The van der Waals surface area contributed by atoms with Gasteiger partial charge < -0.3 is 9.64 Å². The first kappa shape index (κ1) is 14.8. The number of amides is 1. The molecule has 2 unspecified atom stereocenters. The van der Waals surface area contributed by atoms with Gasteiger partial charge in [-0.15, -0.1) is 0 Å². The molecule has 1 saturated carbocycles. The minimum absolute atomic E-state index is 0.0538. The van der Waals surface area contributed by atoms with E-state index in [9.17, 15) is 4.79 Å². The molecular formula is C15H28N2O2. The van der Waals surface area contributed by atoms with Crippen LogP contribution >= 0.6 is 0 Å². The number of ether oxygens (including phenoxy) is 1. The second-order valence-corrected chi connectivity index (χ2v) is 5.89. The Hall–Kier alpha value is -0.610. The van der Waals surface area contributed by atoms with Gasteiger partial charge in [0.2, 0.25) is 5.91 Å². The number of carbonyl (C=O) groups is 1. The summed E-state index contributed by atoms with van der Waals surface area (Å²) in [5.74, 6) is 0.325. The molecule has 0 spiro atoms. The summed E-state index contributed by atoms with van der Waals surface area (Å²) in [6.07, 6.45) is 8.05. The Bertz CT molecular complexity index is 303. The molecule has 2 aliphatic rings. The van der Waals surface area contributed by atoms with Crippen molar-refractivity contribution in [2.45, 2.75) is 83.1 Å². The van der Waals surface area contributed by atoms with Gasteiger partial charge in [0.15, 0.2) is 0 Å². The largest absolute Gasteiger partial charge is 0.381 e. The molecule has 2 atom stereocenters. The van der Waals surface area contributed by atoms with Gasteiger partial charge in [-0.3, -0.25) is 10.1 Å². The van der Waals surface area contributed by atoms with Gasteiger partial charge >= 0.3 is 0 Å². The van der Waals surface area contributed by atoms with E-state index in [2.05, 4.69) is 24.1 Å². The van der Waals surface area contributed by atoms with E-state index in [0.29, 0.717) is 18.1 Å². The van der Waals surface area contributed by atoms with Crippen molar-refractivity contribution in [3.05, 3.63) is 0 Å². The lowest BCUT2D eigenvalue weighted by atomic mass is 9.87. The van der Waals surface area contributed by atoms with Crippen LogP contribution in [0.2, 0.25) is 0 Å².